The van der Waals surface area contributed by atoms with Crippen LogP contribution >= 0.6 is 0 Å². The molecule has 0 spiro atoms. The lowest BCUT2D eigenvalue weighted by Crippen LogP contribution is -2.27. The number of nitrogens with zero attached hydrogens (tertiary/aromatic N) is 4. The Labute approximate surface area is 111 Å². The van der Waals surface area contributed by atoms with Gasteiger partial charge in [-0.15, -0.1) is 0 Å². The molecule has 2 amide bonds. The fourth-order valence-corrected chi connectivity index (χ4v) is 1.85. The number of fused-ring (bicyclic) bond motifs is 1. The summed E-state index contributed by atoms with van der Waals surface area (Å²) in [5.74, 6) is -1.33. The summed E-state index contributed by atoms with van der Waals surface area (Å²) < 4.78 is 0.779. The molecule has 2 aromatic rings. The van der Waals surface area contributed by atoms with Gasteiger partial charge < -0.3 is 0 Å². The van der Waals surface area contributed by atoms with Gasteiger partial charge in [0.05, 0.1) is 11.6 Å². The van der Waals surface area contributed by atoms with E-state index in [0.29, 0.717) is 5.69 Å². The van der Waals surface area contributed by atoms with Gasteiger partial charge in [-0.2, -0.15) is 0 Å². The Morgan fingerprint density at radius 2 is 2.05 bits per heavy atom. The lowest BCUT2D eigenvalue weighted by molar-refractivity contribution is -0.416. The molecule has 8 nitrogen and oxygen atoms in total. The van der Waals surface area contributed by atoms with E-state index in [0.717, 1.165) is 4.70 Å². The molecule has 1 aliphatic heterocycles. The van der Waals surface area contributed by atoms with Crippen LogP contribution < -0.4 is 5.56 Å². The van der Waals surface area contributed by atoms with E-state index >= 15 is 0 Å². The Kier molecular flexibility index (Phi) is 2.56. The Balaban J connectivity index is 2.19. The van der Waals surface area contributed by atoms with E-state index < -0.39 is 17.4 Å². The zero-order valence-electron chi connectivity index (χ0n) is 10.3. The molecule has 0 radical (unpaired) electrons. The fraction of sp³-hybridized carbons (Fsp3) is 0.0833. The first kappa shape index (κ1) is 12.0. The van der Waals surface area contributed by atoms with Gasteiger partial charge in [0, 0.05) is 6.20 Å². The van der Waals surface area contributed by atoms with Crippen molar-refractivity contribution < 1.29 is 14.3 Å². The van der Waals surface area contributed by atoms with E-state index in [1.807, 2.05) is 0 Å². The van der Waals surface area contributed by atoms with Gasteiger partial charge in [-0.1, -0.05) is 14.8 Å². The summed E-state index contributed by atoms with van der Waals surface area (Å²) in [4.78, 5) is 45.7. The predicted molar refractivity (Wildman–Crippen MR) is 64.8 cm³/mol. The highest BCUT2D eigenvalue weighted by atomic mass is 16.2. The predicted octanol–water partition coefficient (Wildman–Crippen LogP) is 0.564. The van der Waals surface area contributed by atoms with Crippen molar-refractivity contribution in [2.45, 2.75) is 6.92 Å². The van der Waals surface area contributed by atoms with Gasteiger partial charge in [-0.25, -0.2) is 14.8 Å². The molecule has 0 saturated heterocycles. The number of carbonyl (C=O) groups is 2. The first-order chi connectivity index (χ1) is 9.56. The van der Waals surface area contributed by atoms with Crippen molar-refractivity contribution in [1.29, 1.82) is 0 Å². The van der Waals surface area contributed by atoms with E-state index in [-0.39, 0.29) is 17.2 Å². The van der Waals surface area contributed by atoms with Crippen molar-refractivity contribution >= 4 is 17.8 Å². The maximum absolute atomic E-state index is 12.3. The van der Waals surface area contributed by atoms with Crippen molar-refractivity contribution in [2.75, 3.05) is 0 Å². The topological polar surface area (TPSA) is 108 Å². The van der Waals surface area contributed by atoms with Crippen LogP contribution in [-0.4, -0.2) is 31.5 Å². The highest BCUT2D eigenvalue weighted by molar-refractivity contribution is 6.05. The molecule has 0 saturated carbocycles. The van der Waals surface area contributed by atoms with Gasteiger partial charge in [0.15, 0.2) is 0 Å². The number of pyridine rings is 1. The van der Waals surface area contributed by atoms with Gasteiger partial charge in [0.2, 0.25) is 0 Å². The molecule has 0 unspecified atom stereocenters. The number of nitrogens with one attached hydrogen (secondary N) is 1. The van der Waals surface area contributed by atoms with Crippen LogP contribution in [0.15, 0.2) is 34.3 Å². The molecule has 1 N–H and O–H groups in total. The summed E-state index contributed by atoms with van der Waals surface area (Å²) in [7, 11) is 0. The van der Waals surface area contributed by atoms with Crippen LogP contribution in [-0.2, 0) is 0 Å². The van der Waals surface area contributed by atoms with Gasteiger partial charge in [-0.3, -0.25) is 9.59 Å². The van der Waals surface area contributed by atoms with Crippen LogP contribution in [0.4, 0.5) is 5.95 Å². The summed E-state index contributed by atoms with van der Waals surface area (Å²) in [6, 6.07) is 4.29. The van der Waals surface area contributed by atoms with E-state index in [1.165, 1.54) is 18.3 Å². The maximum atomic E-state index is 12.3. The maximum Gasteiger partial charge on any atom is 0.427 e. The van der Waals surface area contributed by atoms with Crippen LogP contribution in [0.25, 0.3) is 0 Å². The van der Waals surface area contributed by atoms with E-state index in [1.54, 1.807) is 13.0 Å². The average molecular weight is 270 g/mol. The molecule has 0 fully saturated rings. The fourth-order valence-electron chi connectivity index (χ4n) is 1.85. The van der Waals surface area contributed by atoms with Gasteiger partial charge >= 0.3 is 23.3 Å². The number of carbonyl (C=O) groups excluding carboxylic acids is 2. The first-order valence-corrected chi connectivity index (χ1v) is 5.69. The number of rotatable bonds is 1. The summed E-state index contributed by atoms with van der Waals surface area (Å²) in [6.07, 6.45) is 1.40. The van der Waals surface area contributed by atoms with Crippen molar-refractivity contribution in [2.24, 2.45) is 5.11 Å². The van der Waals surface area contributed by atoms with E-state index in [4.69, 9.17) is 0 Å². The third-order valence-electron chi connectivity index (χ3n) is 2.68. The van der Waals surface area contributed by atoms with E-state index in [2.05, 4.69) is 20.1 Å². The standard InChI is InChI=1S/C12H7N5O3/c1-6-5-8(18)15-12(14-6)17-11(20)7-3-2-4-13-9(7)10(19)16-17/h2-5H,1H3/p+1. The second-order valence-corrected chi connectivity index (χ2v) is 4.13. The van der Waals surface area contributed by atoms with Gasteiger partial charge in [0.25, 0.3) is 0 Å². The third-order valence-corrected chi connectivity index (χ3v) is 2.68. The molecular weight excluding hydrogens is 262 g/mol. The number of amides is 2. The highest BCUT2D eigenvalue weighted by Gasteiger charge is 2.33. The second-order valence-electron chi connectivity index (χ2n) is 4.13. The number of aromatic nitrogens is 3. The molecule has 2 aromatic heterocycles. The molecule has 8 heteroatoms. The van der Waals surface area contributed by atoms with Crippen molar-refractivity contribution in [3.8, 4) is 0 Å². The molecule has 3 rings (SSSR count). The van der Waals surface area contributed by atoms with Crippen LogP contribution in [0.5, 0.6) is 0 Å². The lowest BCUT2D eigenvalue weighted by atomic mass is 10.1. The molecule has 0 aliphatic carbocycles. The summed E-state index contributed by atoms with van der Waals surface area (Å²) >= 11 is 0. The lowest BCUT2D eigenvalue weighted by Gasteiger charge is -2.08. The molecule has 0 bridgehead atoms. The number of aryl methyl sites for hydroxylation is 1. The molecule has 98 valence electrons. The van der Waals surface area contributed by atoms with Crippen LogP contribution in [0, 0.1) is 6.92 Å². The number of aromatic amines is 1. The smallest absolute Gasteiger partial charge is 0.262 e. The van der Waals surface area contributed by atoms with Gasteiger partial charge in [-0.05, 0) is 19.1 Å². The minimum absolute atomic E-state index is 0.0104. The molecule has 0 aromatic carbocycles. The number of hydrogen-bond donors (Lipinski definition) is 1. The van der Waals surface area contributed by atoms with Crippen LogP contribution in [0.3, 0.4) is 0 Å². The quantitative estimate of drug-likeness (QED) is 0.762. The SMILES string of the molecule is Cc1cc(=O)[nH]c([N+]2=NC(=O)c3ncccc3C2=O)n1. The van der Waals surface area contributed by atoms with Crippen molar-refractivity contribution in [3.05, 3.63) is 51.7 Å². The Morgan fingerprint density at radius 3 is 2.80 bits per heavy atom. The minimum Gasteiger partial charge on any atom is -0.262 e. The highest BCUT2D eigenvalue weighted by Crippen LogP contribution is 2.18. The largest absolute Gasteiger partial charge is 0.427 e. The normalized spacial score (nSPS) is 13.9. The summed E-state index contributed by atoms with van der Waals surface area (Å²) in [5.41, 5.74) is 0.0940. The molecular formula is C12H8N5O3+. The van der Waals surface area contributed by atoms with Crippen LogP contribution in [0.2, 0.25) is 0 Å². The summed E-state index contributed by atoms with van der Waals surface area (Å²) in [5, 5.41) is 3.61. The minimum atomic E-state index is -0.663. The first-order valence-electron chi connectivity index (χ1n) is 5.69. The number of H-pyrrole nitrogens is 1. The molecule has 1 aliphatic rings. The molecule has 20 heavy (non-hydrogen) atoms. The zero-order valence-corrected chi connectivity index (χ0v) is 10.3. The number of azo groups is 2. The average Bonchev–Trinajstić information content (AvgIpc) is 2.42. The monoisotopic (exact) mass is 270 g/mol. The Bertz CT molecular complexity index is 837. The van der Waals surface area contributed by atoms with Crippen LogP contribution in [0.1, 0.15) is 26.5 Å². The second kappa shape index (κ2) is 4.26. The van der Waals surface area contributed by atoms with Crippen molar-refractivity contribution in [1.82, 2.24) is 15.0 Å². The van der Waals surface area contributed by atoms with Gasteiger partial charge in [0.1, 0.15) is 11.4 Å². The van der Waals surface area contributed by atoms with E-state index in [9.17, 15) is 14.4 Å². The number of hydrogen-bond acceptors (Lipinski definition) is 5. The van der Waals surface area contributed by atoms with Crippen molar-refractivity contribution in [3.63, 3.8) is 0 Å². The molecule has 0 atom stereocenters. The molecule has 3 heterocycles. The zero-order chi connectivity index (χ0) is 14.3. The Hall–Kier alpha value is -3.03. The summed E-state index contributed by atoms with van der Waals surface area (Å²) in [6.45, 7) is 1.60. The Morgan fingerprint density at radius 1 is 1.25 bits per heavy atom. The third kappa shape index (κ3) is 1.83.